The van der Waals surface area contributed by atoms with Crippen molar-refractivity contribution in [3.05, 3.63) is 53.6 Å². The van der Waals surface area contributed by atoms with E-state index in [1.165, 1.54) is 63.8 Å². The third kappa shape index (κ3) is 8.87. The number of methoxy groups -OCH3 is 3. The number of esters is 2. The number of hydrogen-bond donors (Lipinski definition) is 8. The highest BCUT2D eigenvalue weighted by molar-refractivity contribution is 5.88. The number of phenols is 2. The molecule has 2 aromatic carbocycles. The van der Waals surface area contributed by atoms with E-state index in [4.69, 9.17) is 37.9 Å². The lowest BCUT2D eigenvalue weighted by Crippen LogP contribution is -2.63. The van der Waals surface area contributed by atoms with Crippen LogP contribution in [-0.2, 0) is 33.3 Å². The molecule has 2 fully saturated rings. The van der Waals surface area contributed by atoms with Crippen LogP contribution in [0.15, 0.2) is 42.5 Å². The zero-order valence-corrected chi connectivity index (χ0v) is 27.6. The van der Waals surface area contributed by atoms with E-state index >= 15 is 0 Å². The van der Waals surface area contributed by atoms with E-state index in [0.717, 1.165) is 12.2 Å². The summed E-state index contributed by atoms with van der Waals surface area (Å²) in [5.41, 5.74) is 0.731. The summed E-state index contributed by atoms with van der Waals surface area (Å²) in [6.45, 7) is -2.69. The third-order valence-electron chi connectivity index (χ3n) is 8.01. The number of aliphatic hydroxyl groups excluding tert-OH is 6. The van der Waals surface area contributed by atoms with Gasteiger partial charge in [0.1, 0.15) is 43.2 Å². The highest BCUT2D eigenvalue weighted by Crippen LogP contribution is 2.40. The Morgan fingerprint density at radius 3 is 1.96 bits per heavy atom. The average molecular weight is 725 g/mol. The molecule has 0 radical (unpaired) electrons. The van der Waals surface area contributed by atoms with Gasteiger partial charge in [0.25, 0.3) is 0 Å². The van der Waals surface area contributed by atoms with Gasteiger partial charge in [-0.15, -0.1) is 0 Å². The fourth-order valence-electron chi connectivity index (χ4n) is 5.28. The number of benzene rings is 2. The topological polar surface area (TPSA) is 270 Å². The Balaban J connectivity index is 1.64. The van der Waals surface area contributed by atoms with Gasteiger partial charge in [0.2, 0.25) is 11.5 Å². The lowest BCUT2D eigenvalue weighted by atomic mass is 9.99. The number of carbonyl (C=O) groups excluding carboxylic acids is 2. The molecule has 0 saturated carbocycles. The van der Waals surface area contributed by atoms with Gasteiger partial charge in [0, 0.05) is 12.2 Å². The maximum absolute atomic E-state index is 13.1. The first-order valence-corrected chi connectivity index (χ1v) is 15.3. The maximum atomic E-state index is 13.1. The van der Waals surface area contributed by atoms with Gasteiger partial charge in [0.15, 0.2) is 35.4 Å². The Labute approximate surface area is 290 Å². The molecule has 0 bridgehead atoms. The first-order valence-electron chi connectivity index (χ1n) is 15.3. The second-order valence-electron chi connectivity index (χ2n) is 11.3. The van der Waals surface area contributed by atoms with Crippen LogP contribution in [0.1, 0.15) is 11.1 Å². The van der Waals surface area contributed by atoms with Gasteiger partial charge in [-0.2, -0.15) is 0 Å². The molecule has 280 valence electrons. The van der Waals surface area contributed by atoms with Crippen molar-refractivity contribution < 1.29 is 88.3 Å². The number of rotatable bonds is 14. The average Bonchev–Trinajstić information content (AvgIpc) is 3.39. The van der Waals surface area contributed by atoms with E-state index in [1.54, 1.807) is 0 Å². The van der Waals surface area contributed by atoms with Crippen molar-refractivity contribution in [3.63, 3.8) is 0 Å². The Morgan fingerprint density at radius 1 is 0.765 bits per heavy atom. The number of ether oxygens (including phenoxy) is 8. The minimum absolute atomic E-state index is 0.0425. The Hall–Kier alpha value is -4.50. The van der Waals surface area contributed by atoms with Crippen LogP contribution in [0.2, 0.25) is 0 Å². The van der Waals surface area contributed by atoms with Crippen LogP contribution in [0.4, 0.5) is 0 Å². The Bertz CT molecular complexity index is 1550. The molecule has 2 aliphatic rings. The first-order chi connectivity index (χ1) is 24.3. The summed E-state index contributed by atoms with van der Waals surface area (Å²) in [7, 11) is 3.95. The van der Waals surface area contributed by atoms with Crippen LogP contribution < -0.4 is 14.2 Å². The van der Waals surface area contributed by atoms with E-state index in [1.807, 2.05) is 0 Å². The van der Waals surface area contributed by atoms with Crippen LogP contribution in [0.25, 0.3) is 12.2 Å². The molecule has 4 rings (SSSR count). The molecule has 18 nitrogen and oxygen atoms in total. The molecule has 0 unspecified atom stereocenters. The van der Waals surface area contributed by atoms with Crippen molar-refractivity contribution >= 4 is 24.1 Å². The van der Waals surface area contributed by atoms with E-state index in [2.05, 4.69) is 0 Å². The minimum Gasteiger partial charge on any atom is -0.504 e. The van der Waals surface area contributed by atoms with Crippen molar-refractivity contribution in [1.82, 2.24) is 0 Å². The molecule has 2 heterocycles. The smallest absolute Gasteiger partial charge is 0.331 e. The van der Waals surface area contributed by atoms with Crippen molar-refractivity contribution in [2.45, 2.75) is 54.8 Å². The van der Waals surface area contributed by atoms with Crippen LogP contribution in [0.3, 0.4) is 0 Å². The summed E-state index contributed by atoms with van der Waals surface area (Å²) in [4.78, 5) is 26.0. The molecule has 18 heteroatoms. The number of carbonyl (C=O) groups is 2. The van der Waals surface area contributed by atoms with E-state index in [0.29, 0.717) is 11.1 Å². The third-order valence-corrected chi connectivity index (χ3v) is 8.01. The predicted molar refractivity (Wildman–Crippen MR) is 170 cm³/mol. The molecule has 2 saturated heterocycles. The van der Waals surface area contributed by atoms with Crippen molar-refractivity contribution in [2.75, 3.05) is 41.2 Å². The second-order valence-corrected chi connectivity index (χ2v) is 11.3. The van der Waals surface area contributed by atoms with Crippen molar-refractivity contribution in [3.8, 4) is 28.7 Å². The van der Waals surface area contributed by atoms with Gasteiger partial charge in [-0.25, -0.2) is 9.59 Å². The summed E-state index contributed by atoms with van der Waals surface area (Å²) in [6.07, 6.45) is -9.92. The monoisotopic (exact) mass is 724 g/mol. The van der Waals surface area contributed by atoms with Gasteiger partial charge in [-0.3, -0.25) is 0 Å². The van der Waals surface area contributed by atoms with Gasteiger partial charge in [-0.1, -0.05) is 6.07 Å². The van der Waals surface area contributed by atoms with Gasteiger partial charge in [-0.05, 0) is 47.5 Å². The molecule has 51 heavy (non-hydrogen) atoms. The standard InChI is InChI=1S/C33H40O18/c1-44-19-10-16(4-7-18(19)36)5-9-25(38)49-31-28(41)23(14-35)50-33(31,51-32-30(43)29(42)27(40)22(13-34)48-32)15-47-24(37)8-6-17-11-20(45-2)26(39)21(12-17)46-3/h4-12,22-23,27-32,34-36,39-43H,13-15H2,1-3H3/b8-6+,9-5+/t22-,23+,27-,28+,29+,30-,31+,32+,33+/m0/s1. The minimum atomic E-state index is -2.54. The van der Waals surface area contributed by atoms with E-state index in [-0.39, 0.29) is 28.7 Å². The molecule has 2 aromatic rings. The predicted octanol–water partition coefficient (Wildman–Crippen LogP) is -1.43. The number of aliphatic hydroxyl groups is 6. The van der Waals surface area contributed by atoms with Crippen LogP contribution in [0.5, 0.6) is 28.7 Å². The molecule has 0 aromatic heterocycles. The summed E-state index contributed by atoms with van der Waals surface area (Å²) in [6, 6.07) is 6.98. The number of phenolic OH excluding ortho intramolecular Hbond substituents is 2. The first kappa shape index (κ1) is 39.3. The molecular formula is C33H40O18. The summed E-state index contributed by atoms with van der Waals surface area (Å²) < 4.78 is 43.2. The lowest BCUT2D eigenvalue weighted by molar-refractivity contribution is -0.383. The van der Waals surface area contributed by atoms with Crippen LogP contribution in [0, 0.1) is 0 Å². The largest absolute Gasteiger partial charge is 0.504 e. The molecule has 8 N–H and O–H groups in total. The summed E-state index contributed by atoms with van der Waals surface area (Å²) in [5.74, 6) is -4.92. The van der Waals surface area contributed by atoms with Gasteiger partial charge < -0.3 is 78.7 Å². The second kappa shape index (κ2) is 17.1. The van der Waals surface area contributed by atoms with Crippen LogP contribution in [-0.4, -0.2) is 149 Å². The van der Waals surface area contributed by atoms with Crippen molar-refractivity contribution in [1.29, 1.82) is 0 Å². The highest BCUT2D eigenvalue weighted by atomic mass is 16.8. The molecule has 0 spiro atoms. The number of aromatic hydroxyl groups is 2. The molecular weight excluding hydrogens is 684 g/mol. The van der Waals surface area contributed by atoms with E-state index in [9.17, 15) is 50.4 Å². The van der Waals surface area contributed by atoms with Crippen LogP contribution >= 0.6 is 0 Å². The molecule has 0 aliphatic carbocycles. The summed E-state index contributed by atoms with van der Waals surface area (Å²) in [5, 5.41) is 82.1. The van der Waals surface area contributed by atoms with Gasteiger partial charge >= 0.3 is 11.9 Å². The highest BCUT2D eigenvalue weighted by Gasteiger charge is 2.61. The quantitative estimate of drug-likeness (QED) is 0.0819. The zero-order valence-electron chi connectivity index (χ0n) is 27.6. The Morgan fingerprint density at radius 2 is 1.35 bits per heavy atom. The number of hydrogen-bond acceptors (Lipinski definition) is 18. The fourth-order valence-corrected chi connectivity index (χ4v) is 5.28. The lowest BCUT2D eigenvalue weighted by Gasteiger charge is -2.43. The normalized spacial score (nSPS) is 29.3. The zero-order chi connectivity index (χ0) is 37.5. The Kier molecular flexibility index (Phi) is 13.2. The SMILES string of the molecule is COc1cc(/C=C/C(=O)O[C@@H]2[C@H](O)[C@@H](CO)O[C@]2(COC(=O)/C=C/c2cc(OC)c(O)c(OC)c2)O[C@H]2O[C@@H](CO)[C@H](O)[C@@H](O)[C@@H]2O)ccc1O. The maximum Gasteiger partial charge on any atom is 0.331 e. The van der Waals surface area contributed by atoms with Gasteiger partial charge in [0.05, 0.1) is 34.5 Å². The molecule has 0 amide bonds. The summed E-state index contributed by atoms with van der Waals surface area (Å²) >= 11 is 0. The molecule has 2 aliphatic heterocycles. The fraction of sp³-hybridized carbons (Fsp3) is 0.455. The molecule has 9 atom stereocenters. The van der Waals surface area contributed by atoms with Crippen molar-refractivity contribution in [2.24, 2.45) is 0 Å². The van der Waals surface area contributed by atoms with E-state index < -0.39 is 86.6 Å².